The van der Waals surface area contributed by atoms with Gasteiger partial charge in [-0.25, -0.2) is 13.4 Å². The minimum Gasteiger partial charge on any atom is -0.379 e. The second-order valence-electron chi connectivity index (χ2n) is 7.70. The summed E-state index contributed by atoms with van der Waals surface area (Å²) < 4.78 is 32.3. The van der Waals surface area contributed by atoms with Crippen molar-refractivity contribution in [3.63, 3.8) is 0 Å². The molecule has 4 rings (SSSR count). The van der Waals surface area contributed by atoms with E-state index in [-0.39, 0.29) is 5.75 Å². The van der Waals surface area contributed by atoms with Crippen molar-refractivity contribution in [2.75, 3.05) is 31.6 Å². The van der Waals surface area contributed by atoms with Crippen LogP contribution in [-0.4, -0.2) is 45.0 Å². The third-order valence-electron chi connectivity index (χ3n) is 5.61. The zero-order chi connectivity index (χ0) is 21.0. The summed E-state index contributed by atoms with van der Waals surface area (Å²) in [7, 11) is -3.39. The fraction of sp³-hybridized carbons (Fsp3) is 0.409. The van der Waals surface area contributed by atoms with Crippen molar-refractivity contribution in [1.82, 2.24) is 4.31 Å². The fourth-order valence-electron chi connectivity index (χ4n) is 3.97. The lowest BCUT2D eigenvalue weighted by Gasteiger charge is -2.26. The minimum absolute atomic E-state index is 0.0448. The summed E-state index contributed by atoms with van der Waals surface area (Å²) in [5.74, 6) is 0.274. The number of morpholine rings is 1. The van der Waals surface area contributed by atoms with Gasteiger partial charge in [-0.05, 0) is 53.6 Å². The van der Waals surface area contributed by atoms with E-state index in [2.05, 4.69) is 22.4 Å². The Bertz CT molecular complexity index is 1030. The number of hydrogen-bond acceptors (Lipinski definition) is 4. The number of hydrogen-bond donors (Lipinski definition) is 2. The topological polar surface area (TPSA) is 97.0 Å². The molecule has 0 aromatic heterocycles. The predicted octanol–water partition coefficient (Wildman–Crippen LogP) is 2.26. The number of sulfonamides is 1. The molecule has 7 nitrogen and oxygen atoms in total. The van der Waals surface area contributed by atoms with E-state index >= 15 is 0 Å². The highest BCUT2D eigenvalue weighted by Crippen LogP contribution is 2.25. The second-order valence-corrected chi connectivity index (χ2v) is 9.67. The van der Waals surface area contributed by atoms with Gasteiger partial charge in [0.15, 0.2) is 5.96 Å². The van der Waals surface area contributed by atoms with E-state index in [4.69, 9.17) is 10.5 Å². The molecule has 2 aromatic rings. The largest absolute Gasteiger partial charge is 0.379 e. The van der Waals surface area contributed by atoms with E-state index in [1.807, 2.05) is 30.3 Å². The van der Waals surface area contributed by atoms with Crippen molar-refractivity contribution < 1.29 is 13.2 Å². The number of anilines is 1. The number of rotatable bonds is 6. The molecular weight excluding hydrogens is 400 g/mol. The highest BCUT2D eigenvalue weighted by molar-refractivity contribution is 7.88. The number of benzene rings is 2. The first-order valence-electron chi connectivity index (χ1n) is 10.3. The van der Waals surface area contributed by atoms with Gasteiger partial charge in [-0.15, -0.1) is 0 Å². The Labute approximate surface area is 178 Å². The number of aryl methyl sites for hydroxylation is 2. The smallest absolute Gasteiger partial charge is 0.218 e. The number of ether oxygens (including phenoxy) is 1. The van der Waals surface area contributed by atoms with E-state index in [0.717, 1.165) is 29.7 Å². The van der Waals surface area contributed by atoms with Crippen LogP contribution in [-0.2, 0) is 39.9 Å². The molecule has 0 saturated carbocycles. The molecule has 1 aliphatic carbocycles. The maximum Gasteiger partial charge on any atom is 0.218 e. The maximum atomic E-state index is 12.8. The summed E-state index contributed by atoms with van der Waals surface area (Å²) in [5.41, 5.74) is 11.4. The lowest BCUT2D eigenvalue weighted by Crippen LogP contribution is -2.41. The molecule has 0 bridgehead atoms. The molecule has 1 heterocycles. The van der Waals surface area contributed by atoms with Gasteiger partial charge in [-0.1, -0.05) is 30.3 Å². The van der Waals surface area contributed by atoms with Crippen molar-refractivity contribution >= 4 is 21.7 Å². The van der Waals surface area contributed by atoms with Gasteiger partial charge in [0.05, 0.1) is 25.5 Å². The third kappa shape index (κ3) is 5.00. The van der Waals surface area contributed by atoms with Crippen molar-refractivity contribution in [3.8, 4) is 0 Å². The SMILES string of the molecule is NC(=NCc1ccccc1CS(=O)(=O)N1CCOCC1)Nc1ccc2c(c1)CCC2. The molecule has 0 atom stereocenters. The molecular formula is C22H28N4O3S. The zero-order valence-corrected chi connectivity index (χ0v) is 17.8. The average molecular weight is 429 g/mol. The quantitative estimate of drug-likeness (QED) is 0.543. The number of nitrogens with zero attached hydrogens (tertiary/aromatic N) is 2. The van der Waals surface area contributed by atoms with Crippen molar-refractivity contribution in [2.24, 2.45) is 10.7 Å². The van der Waals surface area contributed by atoms with Gasteiger partial charge < -0.3 is 15.8 Å². The van der Waals surface area contributed by atoms with Crippen LogP contribution in [0.15, 0.2) is 47.5 Å². The molecule has 1 aliphatic heterocycles. The maximum absolute atomic E-state index is 12.8. The molecule has 160 valence electrons. The van der Waals surface area contributed by atoms with Gasteiger partial charge in [0.2, 0.25) is 10.0 Å². The minimum atomic E-state index is -3.39. The number of nitrogens with one attached hydrogen (secondary N) is 1. The Morgan fingerprint density at radius 3 is 2.60 bits per heavy atom. The van der Waals surface area contributed by atoms with Crippen molar-refractivity contribution in [2.45, 2.75) is 31.6 Å². The molecule has 0 unspecified atom stereocenters. The normalized spacial score (nSPS) is 17.7. The molecule has 0 spiro atoms. The lowest BCUT2D eigenvalue weighted by molar-refractivity contribution is 0.0729. The first-order chi connectivity index (χ1) is 14.5. The lowest BCUT2D eigenvalue weighted by atomic mass is 10.1. The summed E-state index contributed by atoms with van der Waals surface area (Å²) >= 11 is 0. The van der Waals surface area contributed by atoms with Crippen LogP contribution in [0.3, 0.4) is 0 Å². The van der Waals surface area contributed by atoms with E-state index in [1.165, 1.54) is 21.9 Å². The van der Waals surface area contributed by atoms with Crippen LogP contribution in [0.1, 0.15) is 28.7 Å². The molecule has 2 aromatic carbocycles. The number of aliphatic imine (C=N–C) groups is 1. The Kier molecular flexibility index (Phi) is 6.36. The van der Waals surface area contributed by atoms with Gasteiger partial charge in [0, 0.05) is 18.8 Å². The summed E-state index contributed by atoms with van der Waals surface area (Å²) in [4.78, 5) is 4.44. The molecule has 8 heteroatoms. The molecule has 30 heavy (non-hydrogen) atoms. The summed E-state index contributed by atoms with van der Waals surface area (Å²) in [6.45, 7) is 2.01. The molecule has 1 fully saturated rings. The first-order valence-corrected chi connectivity index (χ1v) is 11.9. The molecule has 1 saturated heterocycles. The van der Waals surface area contributed by atoms with Gasteiger partial charge in [-0.3, -0.25) is 0 Å². The van der Waals surface area contributed by atoms with E-state index in [9.17, 15) is 8.42 Å². The van der Waals surface area contributed by atoms with Crippen LogP contribution in [0.5, 0.6) is 0 Å². The number of nitrogens with two attached hydrogens (primary N) is 1. The molecule has 2 aliphatic rings. The monoisotopic (exact) mass is 428 g/mol. The Balaban J connectivity index is 1.43. The Hall–Kier alpha value is -2.42. The van der Waals surface area contributed by atoms with Crippen LogP contribution in [0.25, 0.3) is 0 Å². The van der Waals surface area contributed by atoms with Crippen LogP contribution < -0.4 is 11.1 Å². The van der Waals surface area contributed by atoms with Crippen LogP contribution in [0, 0.1) is 0 Å². The zero-order valence-electron chi connectivity index (χ0n) is 17.0. The third-order valence-corrected chi connectivity index (χ3v) is 7.44. The number of fused-ring (bicyclic) bond motifs is 1. The van der Waals surface area contributed by atoms with Crippen LogP contribution >= 0.6 is 0 Å². The highest BCUT2D eigenvalue weighted by atomic mass is 32.2. The second kappa shape index (κ2) is 9.16. The first kappa shape index (κ1) is 20.8. The molecule has 0 radical (unpaired) electrons. The highest BCUT2D eigenvalue weighted by Gasteiger charge is 2.25. The van der Waals surface area contributed by atoms with E-state index in [0.29, 0.717) is 38.8 Å². The predicted molar refractivity (Wildman–Crippen MR) is 119 cm³/mol. The van der Waals surface area contributed by atoms with E-state index < -0.39 is 10.0 Å². The Morgan fingerprint density at radius 1 is 1.07 bits per heavy atom. The summed E-state index contributed by atoms with van der Waals surface area (Å²) in [6, 6.07) is 13.8. The van der Waals surface area contributed by atoms with Crippen LogP contribution in [0.2, 0.25) is 0 Å². The number of guanidine groups is 1. The standard InChI is InChI=1S/C22H28N4O3S/c23-22(25-21-9-8-17-6-3-7-18(17)14-21)24-15-19-4-1-2-5-20(19)16-30(27,28)26-10-12-29-13-11-26/h1-2,4-5,8-9,14H,3,6-7,10-13,15-16H2,(H3,23,24,25). The Morgan fingerprint density at radius 2 is 1.80 bits per heavy atom. The summed E-state index contributed by atoms with van der Waals surface area (Å²) in [5, 5.41) is 3.15. The van der Waals surface area contributed by atoms with Gasteiger partial charge in [0.25, 0.3) is 0 Å². The van der Waals surface area contributed by atoms with Crippen molar-refractivity contribution in [1.29, 1.82) is 0 Å². The fourth-order valence-corrected chi connectivity index (χ4v) is 5.54. The molecule has 0 amide bonds. The average Bonchev–Trinajstić information content (AvgIpc) is 3.21. The van der Waals surface area contributed by atoms with Gasteiger partial charge >= 0.3 is 0 Å². The van der Waals surface area contributed by atoms with Gasteiger partial charge in [0.1, 0.15) is 0 Å². The van der Waals surface area contributed by atoms with Crippen LogP contribution in [0.4, 0.5) is 5.69 Å². The summed E-state index contributed by atoms with van der Waals surface area (Å²) in [6.07, 6.45) is 3.45. The molecule has 3 N–H and O–H groups in total. The van der Waals surface area contributed by atoms with Crippen molar-refractivity contribution in [3.05, 3.63) is 64.7 Å². The van der Waals surface area contributed by atoms with Gasteiger partial charge in [-0.2, -0.15) is 4.31 Å². The van der Waals surface area contributed by atoms with E-state index in [1.54, 1.807) is 0 Å².